The third-order valence-electron chi connectivity index (χ3n) is 3.91. The van der Waals surface area contributed by atoms with Crippen LogP contribution >= 0.6 is 0 Å². The molecule has 0 bridgehead atoms. The molecule has 0 amide bonds. The topological polar surface area (TPSA) is 24.9 Å². The van der Waals surface area contributed by atoms with Crippen molar-refractivity contribution in [3.63, 3.8) is 0 Å². The average molecular weight is 270 g/mol. The van der Waals surface area contributed by atoms with Crippen LogP contribution in [0.1, 0.15) is 51.6 Å². The number of nitrogens with zero attached hydrogens (tertiary/aromatic N) is 1. The first kappa shape index (κ1) is 15.0. The Morgan fingerprint density at radius 1 is 1.15 bits per heavy atom. The third-order valence-corrected chi connectivity index (χ3v) is 3.91. The van der Waals surface area contributed by atoms with E-state index in [-0.39, 0.29) is 0 Å². The molecule has 1 heterocycles. The lowest BCUT2D eigenvalue weighted by molar-refractivity contribution is 0.363. The summed E-state index contributed by atoms with van der Waals surface area (Å²) in [6, 6.07) is 11.3. The summed E-state index contributed by atoms with van der Waals surface area (Å²) >= 11 is 0. The quantitative estimate of drug-likeness (QED) is 0.788. The standard InChI is InChI=1S/C18H26N2/c1-4-7-14(3)18(20-11-5-2)16-9-10-17-15(13-16)8-6-12-19-17/h6,8-10,12-14,18,20H,4-5,7,11H2,1-3H3. The molecule has 1 aromatic carbocycles. The number of benzene rings is 1. The lowest BCUT2D eigenvalue weighted by Gasteiger charge is -2.26. The Kier molecular flexibility index (Phi) is 5.54. The molecule has 2 heteroatoms. The van der Waals surface area contributed by atoms with Crippen LogP contribution in [0.5, 0.6) is 0 Å². The maximum atomic E-state index is 4.40. The van der Waals surface area contributed by atoms with Gasteiger partial charge in [-0.1, -0.05) is 39.3 Å². The van der Waals surface area contributed by atoms with Gasteiger partial charge in [-0.15, -0.1) is 0 Å². The van der Waals surface area contributed by atoms with E-state index in [0.29, 0.717) is 12.0 Å². The van der Waals surface area contributed by atoms with Gasteiger partial charge in [-0.25, -0.2) is 0 Å². The van der Waals surface area contributed by atoms with Crippen molar-refractivity contribution in [1.29, 1.82) is 0 Å². The largest absolute Gasteiger partial charge is 0.310 e. The van der Waals surface area contributed by atoms with Gasteiger partial charge in [0, 0.05) is 17.6 Å². The van der Waals surface area contributed by atoms with Crippen molar-refractivity contribution in [3.05, 3.63) is 42.1 Å². The molecule has 0 spiro atoms. The van der Waals surface area contributed by atoms with E-state index in [9.17, 15) is 0 Å². The maximum absolute atomic E-state index is 4.40. The molecule has 0 saturated heterocycles. The lowest BCUT2D eigenvalue weighted by atomic mass is 9.90. The number of pyridine rings is 1. The van der Waals surface area contributed by atoms with Gasteiger partial charge < -0.3 is 5.32 Å². The molecular formula is C18H26N2. The van der Waals surface area contributed by atoms with E-state index >= 15 is 0 Å². The number of hydrogen-bond acceptors (Lipinski definition) is 2. The molecule has 2 atom stereocenters. The summed E-state index contributed by atoms with van der Waals surface area (Å²) in [7, 11) is 0. The van der Waals surface area contributed by atoms with Crippen LogP contribution < -0.4 is 5.32 Å². The van der Waals surface area contributed by atoms with Gasteiger partial charge >= 0.3 is 0 Å². The zero-order valence-electron chi connectivity index (χ0n) is 12.9. The Hall–Kier alpha value is -1.41. The first-order valence-electron chi connectivity index (χ1n) is 7.84. The van der Waals surface area contributed by atoms with Crippen molar-refractivity contribution in [2.45, 2.75) is 46.1 Å². The highest BCUT2D eigenvalue weighted by Gasteiger charge is 2.18. The van der Waals surface area contributed by atoms with Gasteiger partial charge in [0.2, 0.25) is 0 Å². The van der Waals surface area contributed by atoms with E-state index in [4.69, 9.17) is 0 Å². The van der Waals surface area contributed by atoms with E-state index in [2.05, 4.69) is 55.3 Å². The van der Waals surface area contributed by atoms with Crippen LogP contribution in [-0.4, -0.2) is 11.5 Å². The van der Waals surface area contributed by atoms with Crippen molar-refractivity contribution < 1.29 is 0 Å². The molecule has 2 unspecified atom stereocenters. The zero-order chi connectivity index (χ0) is 14.4. The molecule has 0 fully saturated rings. The van der Waals surface area contributed by atoms with Crippen molar-refractivity contribution >= 4 is 10.9 Å². The smallest absolute Gasteiger partial charge is 0.0702 e. The van der Waals surface area contributed by atoms with Gasteiger partial charge in [-0.3, -0.25) is 4.98 Å². The van der Waals surface area contributed by atoms with Crippen molar-refractivity contribution in [3.8, 4) is 0 Å². The van der Waals surface area contributed by atoms with Crippen molar-refractivity contribution in [2.24, 2.45) is 5.92 Å². The van der Waals surface area contributed by atoms with Gasteiger partial charge in [-0.05, 0) is 49.1 Å². The normalized spacial score (nSPS) is 14.3. The van der Waals surface area contributed by atoms with E-state index in [1.54, 1.807) is 0 Å². The van der Waals surface area contributed by atoms with Crippen LogP contribution in [0.15, 0.2) is 36.5 Å². The minimum atomic E-state index is 0.444. The molecule has 1 N–H and O–H groups in total. The predicted molar refractivity (Wildman–Crippen MR) is 86.8 cm³/mol. The maximum Gasteiger partial charge on any atom is 0.0702 e. The Bertz CT molecular complexity index is 536. The Labute approximate surface area is 122 Å². The molecule has 0 aliphatic carbocycles. The summed E-state index contributed by atoms with van der Waals surface area (Å²) in [5.74, 6) is 0.653. The minimum Gasteiger partial charge on any atom is -0.310 e. The van der Waals surface area contributed by atoms with Crippen LogP contribution in [0, 0.1) is 5.92 Å². The fourth-order valence-corrected chi connectivity index (χ4v) is 2.86. The lowest BCUT2D eigenvalue weighted by Crippen LogP contribution is -2.27. The number of nitrogens with one attached hydrogen (secondary N) is 1. The number of fused-ring (bicyclic) bond motifs is 1. The second-order valence-corrected chi connectivity index (χ2v) is 5.65. The average Bonchev–Trinajstić information content (AvgIpc) is 2.48. The second kappa shape index (κ2) is 7.39. The van der Waals surface area contributed by atoms with Gasteiger partial charge in [0.05, 0.1) is 5.52 Å². The van der Waals surface area contributed by atoms with Crippen LogP contribution in [0.2, 0.25) is 0 Å². The predicted octanol–water partition coefficient (Wildman–Crippen LogP) is 4.71. The molecule has 0 radical (unpaired) electrons. The van der Waals surface area contributed by atoms with Crippen LogP contribution in [-0.2, 0) is 0 Å². The highest BCUT2D eigenvalue weighted by atomic mass is 14.9. The third kappa shape index (κ3) is 3.57. The van der Waals surface area contributed by atoms with Crippen LogP contribution in [0.3, 0.4) is 0 Å². The molecule has 1 aromatic heterocycles. The van der Waals surface area contributed by atoms with Gasteiger partial charge in [0.15, 0.2) is 0 Å². The van der Waals surface area contributed by atoms with E-state index in [1.165, 1.54) is 30.2 Å². The van der Waals surface area contributed by atoms with Gasteiger partial charge in [0.1, 0.15) is 0 Å². The number of rotatable bonds is 7. The molecule has 108 valence electrons. The summed E-state index contributed by atoms with van der Waals surface area (Å²) in [5.41, 5.74) is 2.47. The summed E-state index contributed by atoms with van der Waals surface area (Å²) in [6.07, 6.45) is 5.52. The molecule has 20 heavy (non-hydrogen) atoms. The highest BCUT2D eigenvalue weighted by molar-refractivity contribution is 5.79. The van der Waals surface area contributed by atoms with Crippen molar-refractivity contribution in [2.75, 3.05) is 6.54 Å². The zero-order valence-corrected chi connectivity index (χ0v) is 12.9. The molecule has 2 rings (SSSR count). The number of aromatic nitrogens is 1. The summed E-state index contributed by atoms with van der Waals surface area (Å²) < 4.78 is 0. The number of hydrogen-bond donors (Lipinski definition) is 1. The Morgan fingerprint density at radius 3 is 2.75 bits per heavy atom. The second-order valence-electron chi connectivity index (χ2n) is 5.65. The van der Waals surface area contributed by atoms with Crippen LogP contribution in [0.4, 0.5) is 0 Å². The van der Waals surface area contributed by atoms with E-state index in [0.717, 1.165) is 12.1 Å². The summed E-state index contributed by atoms with van der Waals surface area (Å²) in [4.78, 5) is 4.40. The fourth-order valence-electron chi connectivity index (χ4n) is 2.86. The first-order valence-corrected chi connectivity index (χ1v) is 7.84. The SMILES string of the molecule is CCCNC(c1ccc2ncccc2c1)C(C)CCC. The molecule has 2 aromatic rings. The first-order chi connectivity index (χ1) is 9.76. The highest BCUT2D eigenvalue weighted by Crippen LogP contribution is 2.27. The molecular weight excluding hydrogens is 244 g/mol. The molecule has 2 nitrogen and oxygen atoms in total. The molecule has 0 saturated carbocycles. The monoisotopic (exact) mass is 270 g/mol. The van der Waals surface area contributed by atoms with Gasteiger partial charge in [-0.2, -0.15) is 0 Å². The molecule has 0 aliphatic rings. The van der Waals surface area contributed by atoms with E-state index < -0.39 is 0 Å². The van der Waals surface area contributed by atoms with Crippen molar-refractivity contribution in [1.82, 2.24) is 10.3 Å². The summed E-state index contributed by atoms with van der Waals surface area (Å²) in [6.45, 7) is 7.91. The Morgan fingerprint density at radius 2 is 2.00 bits per heavy atom. The summed E-state index contributed by atoms with van der Waals surface area (Å²) in [5, 5.41) is 4.95. The fraction of sp³-hybridized carbons (Fsp3) is 0.500. The van der Waals surface area contributed by atoms with Gasteiger partial charge in [0.25, 0.3) is 0 Å². The Balaban J connectivity index is 2.29. The molecule has 0 aliphatic heterocycles. The van der Waals surface area contributed by atoms with E-state index in [1.807, 2.05) is 12.3 Å². The van der Waals surface area contributed by atoms with Crippen LogP contribution in [0.25, 0.3) is 10.9 Å². The minimum absolute atomic E-state index is 0.444.